The highest BCUT2D eigenvalue weighted by atomic mass is 16.1. The van der Waals surface area contributed by atoms with Crippen LogP contribution in [0.4, 0.5) is 0 Å². The molecule has 1 N–H and O–H groups in total. The molecule has 132 valence electrons. The van der Waals surface area contributed by atoms with Crippen LogP contribution in [0.1, 0.15) is 30.0 Å². The third-order valence-electron chi connectivity index (χ3n) is 4.50. The van der Waals surface area contributed by atoms with Gasteiger partial charge in [0.25, 0.3) is 0 Å². The van der Waals surface area contributed by atoms with Crippen molar-refractivity contribution in [2.75, 3.05) is 6.54 Å². The van der Waals surface area contributed by atoms with E-state index in [0.717, 1.165) is 16.8 Å². The minimum atomic E-state index is 0.00179. The van der Waals surface area contributed by atoms with E-state index in [-0.39, 0.29) is 5.91 Å². The molecular weight excluding hydrogens is 326 g/mol. The van der Waals surface area contributed by atoms with Gasteiger partial charge in [-0.15, -0.1) is 0 Å². The fourth-order valence-corrected chi connectivity index (χ4v) is 3.02. The van der Waals surface area contributed by atoms with Crippen LogP contribution in [-0.4, -0.2) is 32.2 Å². The van der Waals surface area contributed by atoms with Gasteiger partial charge >= 0.3 is 0 Å². The first kappa shape index (κ1) is 16.4. The number of carbonyl (C=O) groups is 1. The van der Waals surface area contributed by atoms with E-state index in [0.29, 0.717) is 25.4 Å². The van der Waals surface area contributed by atoms with Gasteiger partial charge in [0.1, 0.15) is 0 Å². The summed E-state index contributed by atoms with van der Waals surface area (Å²) < 4.78 is 1.94. The third-order valence-corrected chi connectivity index (χ3v) is 4.50. The van der Waals surface area contributed by atoms with Gasteiger partial charge in [0.15, 0.2) is 0 Å². The average Bonchev–Trinajstić information content (AvgIpc) is 3.43. The maximum absolute atomic E-state index is 12.0. The third kappa shape index (κ3) is 3.96. The number of hydrogen-bond donors (Lipinski definition) is 1. The van der Waals surface area contributed by atoms with Gasteiger partial charge in [-0.05, 0) is 42.2 Å². The van der Waals surface area contributed by atoms with Crippen LogP contribution in [-0.2, 0) is 17.8 Å². The first-order valence-electron chi connectivity index (χ1n) is 8.93. The monoisotopic (exact) mass is 347 g/mol. The molecule has 0 aromatic carbocycles. The van der Waals surface area contributed by atoms with Gasteiger partial charge in [-0.1, -0.05) is 6.07 Å². The Kier molecular flexibility index (Phi) is 4.73. The second kappa shape index (κ2) is 7.47. The van der Waals surface area contributed by atoms with E-state index in [1.165, 1.54) is 18.4 Å². The molecule has 6 heteroatoms. The van der Waals surface area contributed by atoms with Crippen LogP contribution in [0.25, 0.3) is 11.1 Å². The van der Waals surface area contributed by atoms with E-state index in [2.05, 4.69) is 21.5 Å². The maximum Gasteiger partial charge on any atom is 0.224 e. The molecule has 4 rings (SSSR count). The van der Waals surface area contributed by atoms with Gasteiger partial charge in [0.05, 0.1) is 18.7 Å². The Morgan fingerprint density at radius 1 is 1.15 bits per heavy atom. The van der Waals surface area contributed by atoms with Crippen molar-refractivity contribution in [3.05, 3.63) is 66.5 Å². The summed E-state index contributed by atoms with van der Waals surface area (Å²) in [5.41, 5.74) is 4.41. The van der Waals surface area contributed by atoms with Gasteiger partial charge in [-0.2, -0.15) is 5.10 Å². The second-order valence-electron chi connectivity index (χ2n) is 6.59. The average molecular weight is 347 g/mol. The summed E-state index contributed by atoms with van der Waals surface area (Å²) in [4.78, 5) is 20.2. The summed E-state index contributed by atoms with van der Waals surface area (Å²) in [6.07, 6.45) is 11.9. The van der Waals surface area contributed by atoms with Gasteiger partial charge in [0.2, 0.25) is 5.91 Å². The van der Waals surface area contributed by atoms with Crippen molar-refractivity contribution in [1.82, 2.24) is 25.1 Å². The van der Waals surface area contributed by atoms with Crippen molar-refractivity contribution in [3.8, 4) is 11.1 Å². The Labute approximate surface area is 152 Å². The summed E-state index contributed by atoms with van der Waals surface area (Å²) >= 11 is 0. The van der Waals surface area contributed by atoms with Crippen molar-refractivity contribution in [2.24, 2.45) is 0 Å². The highest BCUT2D eigenvalue weighted by Crippen LogP contribution is 2.43. The molecule has 0 bridgehead atoms. The van der Waals surface area contributed by atoms with Crippen LogP contribution < -0.4 is 5.32 Å². The zero-order valence-electron chi connectivity index (χ0n) is 14.5. The number of carbonyl (C=O) groups excluding carboxylic acids is 1. The first-order chi connectivity index (χ1) is 12.8. The topological polar surface area (TPSA) is 72.7 Å². The van der Waals surface area contributed by atoms with Gasteiger partial charge in [-0.25, -0.2) is 0 Å². The summed E-state index contributed by atoms with van der Waals surface area (Å²) in [7, 11) is 0. The largest absolute Gasteiger partial charge is 0.354 e. The number of nitrogens with one attached hydrogen (secondary N) is 1. The van der Waals surface area contributed by atoms with E-state index in [9.17, 15) is 4.79 Å². The van der Waals surface area contributed by atoms with E-state index < -0.39 is 0 Å². The molecule has 0 aliphatic heterocycles. The molecule has 0 unspecified atom stereocenters. The van der Waals surface area contributed by atoms with Crippen molar-refractivity contribution < 1.29 is 4.79 Å². The minimum Gasteiger partial charge on any atom is -0.354 e. The highest BCUT2D eigenvalue weighted by Gasteiger charge is 2.29. The smallest absolute Gasteiger partial charge is 0.224 e. The quantitative estimate of drug-likeness (QED) is 0.713. The maximum atomic E-state index is 12.0. The molecular formula is C20H21N5O. The number of pyridine rings is 2. The predicted molar refractivity (Wildman–Crippen MR) is 98.4 cm³/mol. The summed E-state index contributed by atoms with van der Waals surface area (Å²) in [5, 5.41) is 7.72. The Bertz CT molecular complexity index is 872. The molecule has 0 radical (unpaired) electrons. The lowest BCUT2D eigenvalue weighted by Crippen LogP contribution is -2.28. The van der Waals surface area contributed by atoms with Crippen LogP contribution in [0.5, 0.6) is 0 Å². The van der Waals surface area contributed by atoms with Gasteiger partial charge in [-0.3, -0.25) is 19.4 Å². The van der Waals surface area contributed by atoms with Crippen LogP contribution in [0, 0.1) is 0 Å². The first-order valence-corrected chi connectivity index (χ1v) is 8.93. The number of nitrogens with zero attached hydrogens (tertiary/aromatic N) is 4. The van der Waals surface area contributed by atoms with Gasteiger partial charge < -0.3 is 5.32 Å². The zero-order chi connectivity index (χ0) is 17.8. The van der Waals surface area contributed by atoms with Crippen LogP contribution in [0.15, 0.2) is 55.2 Å². The summed E-state index contributed by atoms with van der Waals surface area (Å²) in [5.74, 6) is 0.571. The molecule has 1 saturated carbocycles. The Hall–Kier alpha value is -3.02. The normalized spacial score (nSPS) is 13.5. The molecule has 3 aromatic rings. The van der Waals surface area contributed by atoms with Crippen molar-refractivity contribution in [1.29, 1.82) is 0 Å². The number of aromatic nitrogens is 4. The fraction of sp³-hybridized carbons (Fsp3) is 0.300. The van der Waals surface area contributed by atoms with E-state index in [4.69, 9.17) is 5.10 Å². The van der Waals surface area contributed by atoms with Crippen molar-refractivity contribution >= 4 is 5.91 Å². The summed E-state index contributed by atoms with van der Waals surface area (Å²) in [6, 6.07) is 7.78. The van der Waals surface area contributed by atoms with Crippen LogP contribution in [0.2, 0.25) is 0 Å². The van der Waals surface area contributed by atoms with Crippen molar-refractivity contribution in [3.63, 3.8) is 0 Å². The number of rotatable bonds is 7. The van der Waals surface area contributed by atoms with Crippen molar-refractivity contribution in [2.45, 2.75) is 31.7 Å². The van der Waals surface area contributed by atoms with E-state index in [1.807, 2.05) is 41.3 Å². The molecule has 1 aliphatic rings. The predicted octanol–water partition coefficient (Wildman–Crippen LogP) is 2.58. The minimum absolute atomic E-state index is 0.00179. The SMILES string of the molecule is O=C(Cc1cccnc1)NCCn1cc(-c2ccncc2)c(C2CC2)n1. The summed E-state index contributed by atoms with van der Waals surface area (Å²) in [6.45, 7) is 1.21. The molecule has 26 heavy (non-hydrogen) atoms. The second-order valence-corrected chi connectivity index (χ2v) is 6.59. The zero-order valence-corrected chi connectivity index (χ0v) is 14.5. The molecule has 1 fully saturated rings. The Balaban J connectivity index is 1.37. The van der Waals surface area contributed by atoms with Crippen LogP contribution in [0.3, 0.4) is 0 Å². The molecule has 0 saturated heterocycles. The standard InChI is InChI=1S/C20H21N5O/c26-19(12-15-2-1-7-22-13-15)23-10-11-25-14-18(16-5-8-21-9-6-16)20(24-25)17-3-4-17/h1-2,5-9,13-14,17H,3-4,10-12H2,(H,23,26). The molecule has 3 heterocycles. The lowest BCUT2D eigenvalue weighted by Gasteiger charge is -2.05. The molecule has 0 spiro atoms. The van der Waals surface area contributed by atoms with E-state index in [1.54, 1.807) is 12.4 Å². The molecule has 1 amide bonds. The molecule has 3 aromatic heterocycles. The Morgan fingerprint density at radius 2 is 2.00 bits per heavy atom. The molecule has 0 atom stereocenters. The molecule has 1 aliphatic carbocycles. The lowest BCUT2D eigenvalue weighted by atomic mass is 10.1. The Morgan fingerprint density at radius 3 is 2.73 bits per heavy atom. The van der Waals surface area contributed by atoms with Gasteiger partial charge in [0, 0.05) is 49.0 Å². The highest BCUT2D eigenvalue weighted by molar-refractivity contribution is 5.78. The fourth-order valence-electron chi connectivity index (χ4n) is 3.02. The lowest BCUT2D eigenvalue weighted by molar-refractivity contribution is -0.120. The van der Waals surface area contributed by atoms with E-state index >= 15 is 0 Å². The molecule has 6 nitrogen and oxygen atoms in total. The number of amides is 1. The van der Waals surface area contributed by atoms with Crippen LogP contribution >= 0.6 is 0 Å². The number of hydrogen-bond acceptors (Lipinski definition) is 4.